The first-order valence-corrected chi connectivity index (χ1v) is 4.42. The van der Waals surface area contributed by atoms with Gasteiger partial charge in [0.2, 0.25) is 5.96 Å². The van der Waals surface area contributed by atoms with E-state index in [2.05, 4.69) is 9.98 Å². The van der Waals surface area contributed by atoms with Crippen molar-refractivity contribution in [2.24, 2.45) is 21.5 Å². The lowest BCUT2D eigenvalue weighted by Gasteiger charge is -1.97. The van der Waals surface area contributed by atoms with Gasteiger partial charge in [-0.25, -0.2) is 4.99 Å². The van der Waals surface area contributed by atoms with Crippen molar-refractivity contribution >= 4 is 11.8 Å². The summed E-state index contributed by atoms with van der Waals surface area (Å²) < 4.78 is 30.3. The summed E-state index contributed by atoms with van der Waals surface area (Å²) in [5, 5.41) is 0. The third-order valence-corrected chi connectivity index (χ3v) is 1.49. The van der Waals surface area contributed by atoms with Gasteiger partial charge in [0.05, 0.1) is 11.3 Å². The second-order valence-electron chi connectivity index (χ2n) is 2.87. The highest BCUT2D eigenvalue weighted by Crippen LogP contribution is 1.99. The summed E-state index contributed by atoms with van der Waals surface area (Å²) >= 11 is 0. The van der Waals surface area contributed by atoms with Crippen LogP contribution in [-0.4, -0.2) is 18.3 Å². The van der Waals surface area contributed by atoms with Gasteiger partial charge in [-0.15, -0.1) is 0 Å². The Morgan fingerprint density at radius 1 is 1.53 bits per heavy atom. The van der Waals surface area contributed by atoms with E-state index in [-0.39, 0.29) is 36.3 Å². The number of nitrogens with zero attached hydrogens (tertiary/aromatic N) is 2. The van der Waals surface area contributed by atoms with E-state index in [0.717, 1.165) is 0 Å². The van der Waals surface area contributed by atoms with Crippen molar-refractivity contribution in [3.63, 3.8) is 0 Å². The minimum absolute atomic E-state index is 0.0124. The molecule has 80 valence electrons. The van der Waals surface area contributed by atoms with Gasteiger partial charge < -0.3 is 11.5 Å². The summed E-state index contributed by atoms with van der Waals surface area (Å²) in [5.41, 5.74) is 11.3. The van der Waals surface area contributed by atoms with Gasteiger partial charge in [-0.05, 0) is 18.9 Å². The van der Waals surface area contributed by atoms with Crippen LogP contribution in [0.1, 0.15) is 18.0 Å². The van der Waals surface area contributed by atoms with E-state index in [1.807, 2.05) is 0 Å². The van der Waals surface area contributed by atoms with E-state index < -0.39 is 6.52 Å². The molecule has 1 rings (SSSR count). The summed E-state index contributed by atoms with van der Waals surface area (Å²) in [6.07, 6.45) is 0.130. The molecule has 0 aliphatic heterocycles. The molecular weight excluding hydrogens is 188 g/mol. The molecule has 1 aromatic rings. The molecule has 15 heavy (non-hydrogen) atoms. The zero-order valence-corrected chi connectivity index (χ0v) is 8.49. The number of rotatable bonds is 3. The molecule has 4 N–H and O–H groups in total. The molecular formula is C11H16N4. The minimum Gasteiger partial charge on any atom is -0.387 e. The Kier molecular flexibility index (Phi) is 2.55. The summed E-state index contributed by atoms with van der Waals surface area (Å²) in [7, 11) is 0. The van der Waals surface area contributed by atoms with Crippen LogP contribution in [0.25, 0.3) is 0 Å². The fraction of sp³-hybridized carbons (Fsp3) is 0.273. The second-order valence-corrected chi connectivity index (χ2v) is 2.87. The van der Waals surface area contributed by atoms with Crippen molar-refractivity contribution in [3.8, 4) is 0 Å². The van der Waals surface area contributed by atoms with E-state index >= 15 is 0 Å². The van der Waals surface area contributed by atoms with Gasteiger partial charge in [0.15, 0.2) is 0 Å². The highest BCUT2D eigenvalue weighted by molar-refractivity contribution is 5.93. The van der Waals surface area contributed by atoms with Crippen molar-refractivity contribution in [1.29, 1.82) is 0 Å². The van der Waals surface area contributed by atoms with Gasteiger partial charge >= 0.3 is 0 Å². The quantitative estimate of drug-likeness (QED) is 0.572. The number of guanidine groups is 1. The van der Waals surface area contributed by atoms with Crippen LogP contribution in [0.15, 0.2) is 40.2 Å². The fourth-order valence-corrected chi connectivity index (χ4v) is 0.906. The monoisotopic (exact) mass is 208 g/mol. The Morgan fingerprint density at radius 2 is 2.33 bits per heavy atom. The largest absolute Gasteiger partial charge is 0.387 e. The van der Waals surface area contributed by atoms with E-state index in [0.29, 0.717) is 5.56 Å². The summed E-state index contributed by atoms with van der Waals surface area (Å²) in [6.45, 7) is 0.631. The van der Waals surface area contributed by atoms with Crippen LogP contribution in [0, 0.1) is 0 Å². The van der Waals surface area contributed by atoms with Crippen LogP contribution in [0.5, 0.6) is 0 Å². The Balaban J connectivity index is 2.86. The first-order chi connectivity index (χ1) is 8.79. The van der Waals surface area contributed by atoms with E-state index in [9.17, 15) is 0 Å². The molecule has 0 saturated carbocycles. The molecule has 0 aliphatic rings. The number of amidine groups is 1. The SMILES string of the molecule is [2H]c1cc([2H])c(CC([2H])N=C(N)N=C(C)N)cc1[2H]. The maximum absolute atomic E-state index is 7.74. The Labute approximate surface area is 95.3 Å². The molecule has 0 aromatic heterocycles. The maximum Gasteiger partial charge on any atom is 0.216 e. The zero-order valence-electron chi connectivity index (χ0n) is 12.5. The molecule has 0 spiro atoms. The van der Waals surface area contributed by atoms with Gasteiger partial charge in [0.1, 0.15) is 0 Å². The third kappa shape index (κ3) is 4.81. The molecule has 0 saturated heterocycles. The topological polar surface area (TPSA) is 76.8 Å². The Hall–Kier alpha value is -1.84. The highest BCUT2D eigenvalue weighted by atomic mass is 15.1. The van der Waals surface area contributed by atoms with Crippen molar-refractivity contribution < 1.29 is 5.48 Å². The Bertz CT molecular complexity index is 524. The molecule has 4 heteroatoms. The number of hydrogen-bond acceptors (Lipinski definition) is 1. The molecule has 1 aromatic carbocycles. The molecule has 4 nitrogen and oxygen atoms in total. The first kappa shape index (κ1) is 6.61. The number of hydrogen-bond donors (Lipinski definition) is 2. The lowest BCUT2D eigenvalue weighted by molar-refractivity contribution is 0.962. The summed E-state index contributed by atoms with van der Waals surface area (Å²) in [6, 6.07) is 2.80. The van der Waals surface area contributed by atoms with Crippen LogP contribution in [0.2, 0.25) is 0 Å². The van der Waals surface area contributed by atoms with Crippen molar-refractivity contribution in [3.05, 3.63) is 35.8 Å². The number of aliphatic imine (C=N–C) groups is 2. The van der Waals surface area contributed by atoms with Crippen LogP contribution >= 0.6 is 0 Å². The van der Waals surface area contributed by atoms with E-state index in [1.54, 1.807) is 6.92 Å². The molecule has 1 atom stereocenters. The molecule has 0 aliphatic carbocycles. The van der Waals surface area contributed by atoms with Crippen LogP contribution in [0.4, 0.5) is 0 Å². The van der Waals surface area contributed by atoms with Gasteiger partial charge in [-0.3, -0.25) is 4.99 Å². The molecule has 0 fully saturated rings. The lowest BCUT2D eigenvalue weighted by atomic mass is 10.2. The molecule has 0 radical (unpaired) electrons. The van der Waals surface area contributed by atoms with Gasteiger partial charge in [0, 0.05) is 6.52 Å². The van der Waals surface area contributed by atoms with E-state index in [4.69, 9.17) is 17.0 Å². The second kappa shape index (κ2) is 5.80. The number of benzene rings is 1. The maximum atomic E-state index is 7.74. The van der Waals surface area contributed by atoms with Crippen molar-refractivity contribution in [2.75, 3.05) is 6.52 Å². The van der Waals surface area contributed by atoms with Crippen LogP contribution < -0.4 is 11.5 Å². The third-order valence-electron chi connectivity index (χ3n) is 1.49. The van der Waals surface area contributed by atoms with E-state index in [1.165, 1.54) is 12.1 Å². The van der Waals surface area contributed by atoms with Crippen LogP contribution in [-0.2, 0) is 6.42 Å². The molecule has 1 unspecified atom stereocenters. The van der Waals surface area contributed by atoms with Crippen LogP contribution in [0.3, 0.4) is 0 Å². The highest BCUT2D eigenvalue weighted by Gasteiger charge is 1.91. The predicted molar refractivity (Wildman–Crippen MR) is 63.9 cm³/mol. The smallest absolute Gasteiger partial charge is 0.216 e. The zero-order chi connectivity index (χ0) is 14.6. The predicted octanol–water partition coefficient (Wildman–Crippen LogP) is 0.921. The minimum atomic E-state index is -0.928. The van der Waals surface area contributed by atoms with Gasteiger partial charge in [-0.1, -0.05) is 30.3 Å². The van der Waals surface area contributed by atoms with Crippen molar-refractivity contribution in [2.45, 2.75) is 13.3 Å². The average Bonchev–Trinajstić information content (AvgIpc) is 2.24. The molecule has 0 heterocycles. The average molecular weight is 208 g/mol. The molecule has 0 bridgehead atoms. The lowest BCUT2D eigenvalue weighted by Crippen LogP contribution is -2.16. The van der Waals surface area contributed by atoms with Gasteiger partial charge in [-0.2, -0.15) is 0 Å². The van der Waals surface area contributed by atoms with Crippen molar-refractivity contribution in [1.82, 2.24) is 0 Å². The number of aryl methyl sites for hydroxylation is 1. The standard InChI is InChI=1S/C11H16N4/c1-9(12)15-11(13)14-8-7-10-5-3-2-4-6-10/h2-6H,7-8H2,1H3,(H4,12,13,14,15)/i2D,3D,6D,8D. The van der Waals surface area contributed by atoms with Gasteiger partial charge in [0.25, 0.3) is 0 Å². The first-order valence-electron chi connectivity index (χ1n) is 6.50. The molecule has 0 amide bonds. The summed E-state index contributed by atoms with van der Waals surface area (Å²) in [5.74, 6) is 0.163. The number of nitrogens with two attached hydrogens (primary N) is 2. The fourth-order valence-electron chi connectivity index (χ4n) is 0.906. The Morgan fingerprint density at radius 3 is 3.07 bits per heavy atom. The summed E-state index contributed by atoms with van der Waals surface area (Å²) in [4.78, 5) is 7.51. The normalized spacial score (nSPS) is 18.7.